The molecule has 1 fully saturated rings. The molecule has 0 aromatic rings. The SMILES string of the molecule is CC1(C(=O)O)CCN(C(=O)NCC2=CCCCC2)C1. The van der Waals surface area contributed by atoms with Crippen molar-refractivity contribution in [2.24, 2.45) is 5.41 Å². The number of hydrogen-bond acceptors (Lipinski definition) is 2. The van der Waals surface area contributed by atoms with Gasteiger partial charge in [0.25, 0.3) is 0 Å². The van der Waals surface area contributed by atoms with Gasteiger partial charge in [0.05, 0.1) is 5.41 Å². The number of carbonyl (C=O) groups excluding carboxylic acids is 1. The van der Waals surface area contributed by atoms with Gasteiger partial charge in [0.15, 0.2) is 0 Å². The average molecular weight is 266 g/mol. The van der Waals surface area contributed by atoms with Gasteiger partial charge >= 0.3 is 12.0 Å². The molecule has 0 bridgehead atoms. The summed E-state index contributed by atoms with van der Waals surface area (Å²) in [7, 11) is 0. The van der Waals surface area contributed by atoms with E-state index in [1.54, 1.807) is 11.8 Å². The maximum absolute atomic E-state index is 12.0. The van der Waals surface area contributed by atoms with Crippen molar-refractivity contribution in [3.8, 4) is 0 Å². The number of amides is 2. The molecule has 2 N–H and O–H groups in total. The summed E-state index contributed by atoms with van der Waals surface area (Å²) < 4.78 is 0. The number of nitrogens with zero attached hydrogens (tertiary/aromatic N) is 1. The second kappa shape index (κ2) is 5.63. The molecule has 5 heteroatoms. The standard InChI is InChI=1S/C14H22N2O3/c1-14(12(17)18)7-8-16(10-14)13(19)15-9-11-5-3-2-4-6-11/h5H,2-4,6-10H2,1H3,(H,15,19)(H,17,18). The zero-order valence-corrected chi connectivity index (χ0v) is 11.4. The Kier molecular flexibility index (Phi) is 4.12. The highest BCUT2D eigenvalue weighted by Gasteiger charge is 2.42. The van der Waals surface area contributed by atoms with Crippen molar-refractivity contribution >= 4 is 12.0 Å². The van der Waals surface area contributed by atoms with Crippen LogP contribution in [0.2, 0.25) is 0 Å². The van der Waals surface area contributed by atoms with Crippen LogP contribution in [0.3, 0.4) is 0 Å². The lowest BCUT2D eigenvalue weighted by Gasteiger charge is -2.21. The Morgan fingerprint density at radius 1 is 1.47 bits per heavy atom. The van der Waals surface area contributed by atoms with E-state index in [9.17, 15) is 9.59 Å². The van der Waals surface area contributed by atoms with Gasteiger partial charge in [-0.2, -0.15) is 0 Å². The molecule has 1 aliphatic heterocycles. The molecule has 2 aliphatic rings. The Balaban J connectivity index is 1.81. The van der Waals surface area contributed by atoms with Crippen LogP contribution in [-0.4, -0.2) is 41.6 Å². The second-order valence-corrected chi connectivity index (χ2v) is 5.80. The first-order chi connectivity index (χ1) is 9.01. The third kappa shape index (κ3) is 3.28. The van der Waals surface area contributed by atoms with E-state index in [1.165, 1.54) is 18.4 Å². The zero-order valence-electron chi connectivity index (χ0n) is 11.4. The van der Waals surface area contributed by atoms with E-state index < -0.39 is 11.4 Å². The van der Waals surface area contributed by atoms with Gasteiger partial charge in [-0.05, 0) is 39.0 Å². The van der Waals surface area contributed by atoms with Gasteiger partial charge < -0.3 is 15.3 Å². The van der Waals surface area contributed by atoms with Gasteiger partial charge in [-0.25, -0.2) is 4.79 Å². The summed E-state index contributed by atoms with van der Waals surface area (Å²) in [6.45, 7) is 3.12. The summed E-state index contributed by atoms with van der Waals surface area (Å²) in [5, 5.41) is 12.0. The van der Waals surface area contributed by atoms with Crippen molar-refractivity contribution in [2.45, 2.75) is 39.0 Å². The van der Waals surface area contributed by atoms with Crippen molar-refractivity contribution in [1.82, 2.24) is 10.2 Å². The van der Waals surface area contributed by atoms with Crippen LogP contribution in [0.25, 0.3) is 0 Å². The molecule has 1 heterocycles. The van der Waals surface area contributed by atoms with Gasteiger partial charge in [0.2, 0.25) is 0 Å². The van der Waals surface area contributed by atoms with Crippen molar-refractivity contribution in [2.75, 3.05) is 19.6 Å². The number of carboxylic acids is 1. The van der Waals surface area contributed by atoms with E-state index in [0.717, 1.165) is 12.8 Å². The lowest BCUT2D eigenvalue weighted by molar-refractivity contribution is -0.146. The molecule has 0 aromatic heterocycles. The Hall–Kier alpha value is -1.52. The summed E-state index contributed by atoms with van der Waals surface area (Å²) in [4.78, 5) is 24.7. The number of rotatable bonds is 3. The van der Waals surface area contributed by atoms with Crippen LogP contribution >= 0.6 is 0 Å². The molecule has 106 valence electrons. The number of likely N-dealkylation sites (tertiary alicyclic amines) is 1. The molecule has 0 aromatic carbocycles. The van der Waals surface area contributed by atoms with Crippen LogP contribution in [0.15, 0.2) is 11.6 Å². The first kappa shape index (κ1) is 13.9. The number of carboxylic acid groups (broad SMARTS) is 1. The number of hydrogen-bond donors (Lipinski definition) is 2. The molecule has 0 saturated carbocycles. The lowest BCUT2D eigenvalue weighted by atomic mass is 9.90. The quantitative estimate of drug-likeness (QED) is 0.767. The number of nitrogens with one attached hydrogen (secondary N) is 1. The third-order valence-corrected chi connectivity index (χ3v) is 4.13. The van der Waals surface area contributed by atoms with Crippen LogP contribution in [0.5, 0.6) is 0 Å². The van der Waals surface area contributed by atoms with Crippen LogP contribution in [0, 0.1) is 5.41 Å². The molecule has 1 saturated heterocycles. The Bertz CT molecular complexity index is 405. The van der Waals surface area contributed by atoms with Crippen molar-refractivity contribution in [1.29, 1.82) is 0 Å². The Labute approximate surface area is 113 Å². The topological polar surface area (TPSA) is 69.6 Å². The van der Waals surface area contributed by atoms with Gasteiger partial charge in [-0.1, -0.05) is 11.6 Å². The minimum absolute atomic E-state index is 0.142. The fourth-order valence-corrected chi connectivity index (χ4v) is 2.68. The van der Waals surface area contributed by atoms with E-state index in [0.29, 0.717) is 26.1 Å². The first-order valence-corrected chi connectivity index (χ1v) is 6.95. The highest BCUT2D eigenvalue weighted by molar-refractivity contribution is 5.79. The molecular weight excluding hydrogens is 244 g/mol. The summed E-state index contributed by atoms with van der Waals surface area (Å²) >= 11 is 0. The van der Waals surface area contributed by atoms with Gasteiger partial charge in [-0.3, -0.25) is 4.79 Å². The predicted octanol–water partition coefficient (Wildman–Crippen LogP) is 1.99. The molecule has 1 atom stereocenters. The van der Waals surface area contributed by atoms with Crippen molar-refractivity contribution in [3.05, 3.63) is 11.6 Å². The van der Waals surface area contributed by atoms with Crippen LogP contribution < -0.4 is 5.32 Å². The smallest absolute Gasteiger partial charge is 0.317 e. The zero-order chi connectivity index (χ0) is 13.9. The van der Waals surface area contributed by atoms with E-state index in [1.807, 2.05) is 0 Å². The van der Waals surface area contributed by atoms with Gasteiger partial charge in [-0.15, -0.1) is 0 Å². The minimum Gasteiger partial charge on any atom is -0.481 e. The molecule has 0 radical (unpaired) electrons. The van der Waals surface area contributed by atoms with Gasteiger partial charge in [0.1, 0.15) is 0 Å². The Morgan fingerprint density at radius 2 is 2.26 bits per heavy atom. The van der Waals surface area contributed by atoms with Crippen LogP contribution in [-0.2, 0) is 4.79 Å². The van der Waals surface area contributed by atoms with E-state index in [4.69, 9.17) is 5.11 Å². The van der Waals surface area contributed by atoms with E-state index in [2.05, 4.69) is 11.4 Å². The largest absolute Gasteiger partial charge is 0.481 e. The maximum Gasteiger partial charge on any atom is 0.317 e. The summed E-state index contributed by atoms with van der Waals surface area (Å²) in [5.41, 5.74) is 0.501. The van der Waals surface area contributed by atoms with Crippen LogP contribution in [0.4, 0.5) is 4.79 Å². The van der Waals surface area contributed by atoms with Crippen molar-refractivity contribution < 1.29 is 14.7 Å². The van der Waals surface area contributed by atoms with Gasteiger partial charge in [0, 0.05) is 19.6 Å². The summed E-state index contributed by atoms with van der Waals surface area (Å²) in [6.07, 6.45) is 7.33. The third-order valence-electron chi connectivity index (χ3n) is 4.13. The summed E-state index contributed by atoms with van der Waals surface area (Å²) in [6, 6.07) is -0.142. The molecule has 2 amide bonds. The van der Waals surface area contributed by atoms with Crippen molar-refractivity contribution in [3.63, 3.8) is 0 Å². The number of urea groups is 1. The van der Waals surface area contributed by atoms with Crippen LogP contribution in [0.1, 0.15) is 39.0 Å². The molecular formula is C14H22N2O3. The molecule has 1 aliphatic carbocycles. The normalized spacial score (nSPS) is 27.0. The fraction of sp³-hybridized carbons (Fsp3) is 0.714. The minimum atomic E-state index is -0.821. The molecule has 0 spiro atoms. The summed E-state index contributed by atoms with van der Waals surface area (Å²) in [5.74, 6) is -0.821. The number of aliphatic carboxylic acids is 1. The lowest BCUT2D eigenvalue weighted by Crippen LogP contribution is -2.41. The monoisotopic (exact) mass is 266 g/mol. The average Bonchev–Trinajstić information content (AvgIpc) is 2.81. The fourth-order valence-electron chi connectivity index (χ4n) is 2.68. The van der Waals surface area contributed by atoms with E-state index >= 15 is 0 Å². The maximum atomic E-state index is 12.0. The first-order valence-electron chi connectivity index (χ1n) is 6.95. The molecule has 5 nitrogen and oxygen atoms in total. The molecule has 19 heavy (non-hydrogen) atoms. The highest BCUT2D eigenvalue weighted by atomic mass is 16.4. The number of carbonyl (C=O) groups is 2. The second-order valence-electron chi connectivity index (χ2n) is 5.80. The molecule has 1 unspecified atom stereocenters. The number of allylic oxidation sites excluding steroid dienone is 1. The predicted molar refractivity (Wildman–Crippen MR) is 71.9 cm³/mol. The molecule has 2 rings (SSSR count). The van der Waals surface area contributed by atoms with E-state index in [-0.39, 0.29) is 6.03 Å². The Morgan fingerprint density at radius 3 is 2.84 bits per heavy atom. The highest BCUT2D eigenvalue weighted by Crippen LogP contribution is 2.30.